The lowest BCUT2D eigenvalue weighted by Crippen LogP contribution is -2.40. The minimum Gasteiger partial charge on any atom is -0.308 e. The number of hydrogen-bond donors (Lipinski definition) is 0. The highest BCUT2D eigenvalue weighted by Gasteiger charge is 2.34. The van der Waals surface area contributed by atoms with E-state index in [9.17, 15) is 4.79 Å². The molecule has 0 saturated carbocycles. The van der Waals surface area contributed by atoms with Crippen molar-refractivity contribution in [3.05, 3.63) is 83.6 Å². The summed E-state index contributed by atoms with van der Waals surface area (Å²) in [5, 5.41) is 9.85. The first-order chi connectivity index (χ1) is 16.0. The monoisotopic (exact) mass is 475 g/mol. The Kier molecular flexibility index (Phi) is 5.91. The van der Waals surface area contributed by atoms with Crippen molar-refractivity contribution in [2.24, 2.45) is 0 Å². The zero-order valence-electron chi connectivity index (χ0n) is 18.2. The molecule has 1 aliphatic rings. The molecule has 1 aliphatic heterocycles. The molecule has 0 bridgehead atoms. The molecule has 4 aromatic rings. The average Bonchev–Trinajstić information content (AvgIpc) is 3.40. The third kappa shape index (κ3) is 4.14. The summed E-state index contributed by atoms with van der Waals surface area (Å²) in [6.07, 6.45) is 4.31. The van der Waals surface area contributed by atoms with E-state index in [0.29, 0.717) is 16.0 Å². The van der Waals surface area contributed by atoms with Gasteiger partial charge in [0.25, 0.3) is 0 Å². The number of thioether (sulfide) groups is 1. The second kappa shape index (κ2) is 9.00. The van der Waals surface area contributed by atoms with Crippen molar-refractivity contribution in [3.8, 4) is 17.1 Å². The number of carbonyl (C=O) groups is 1. The summed E-state index contributed by atoms with van der Waals surface area (Å²) in [5.74, 6) is 0.746. The van der Waals surface area contributed by atoms with E-state index in [2.05, 4.69) is 28.2 Å². The lowest BCUT2D eigenvalue weighted by Gasteiger charge is -2.25. The number of nitrogens with zero attached hydrogens (tertiary/aromatic N) is 5. The van der Waals surface area contributed by atoms with Crippen molar-refractivity contribution in [2.45, 2.75) is 36.7 Å². The fraction of sp³-hybridized carbons (Fsp3) is 0.200. The van der Waals surface area contributed by atoms with Crippen LogP contribution in [0.4, 0.5) is 5.69 Å². The van der Waals surface area contributed by atoms with Crippen LogP contribution in [0.15, 0.2) is 78.2 Å². The number of anilines is 1. The normalized spacial score (nSPS) is 16.0. The topological polar surface area (TPSA) is 63.9 Å². The summed E-state index contributed by atoms with van der Waals surface area (Å²) >= 11 is 7.52. The highest BCUT2D eigenvalue weighted by Crippen LogP contribution is 2.36. The molecule has 3 heterocycles. The number of aromatic nitrogens is 4. The van der Waals surface area contributed by atoms with Crippen molar-refractivity contribution in [2.75, 3.05) is 4.90 Å². The number of para-hydroxylation sites is 1. The van der Waals surface area contributed by atoms with Gasteiger partial charge < -0.3 is 4.90 Å². The maximum atomic E-state index is 13.5. The molecule has 0 saturated heterocycles. The molecule has 2 aromatic heterocycles. The number of halogens is 1. The van der Waals surface area contributed by atoms with E-state index in [-0.39, 0.29) is 17.2 Å². The van der Waals surface area contributed by atoms with Gasteiger partial charge in [0.1, 0.15) is 0 Å². The molecule has 166 valence electrons. The number of hydrogen-bond acceptors (Lipinski definition) is 5. The standard InChI is InChI=1S/C25H22ClN5OS/c1-16-15-19-5-3-4-6-22(19)30(16)24(32)17(2)33-25-29-28-23(18-11-13-27-14-12-18)31(25)21-9-7-20(26)8-10-21/h3-14,16-17H,15H2,1-2H3. The van der Waals surface area contributed by atoms with Crippen LogP contribution in [0.2, 0.25) is 5.02 Å². The van der Waals surface area contributed by atoms with E-state index >= 15 is 0 Å². The van der Waals surface area contributed by atoms with E-state index < -0.39 is 0 Å². The van der Waals surface area contributed by atoms with Gasteiger partial charge in [-0.25, -0.2) is 0 Å². The van der Waals surface area contributed by atoms with Crippen LogP contribution in [-0.2, 0) is 11.2 Å². The number of pyridine rings is 1. The third-order valence-electron chi connectivity index (χ3n) is 5.73. The summed E-state index contributed by atoms with van der Waals surface area (Å²) in [6, 6.07) is 19.5. The van der Waals surface area contributed by atoms with Crippen LogP contribution < -0.4 is 4.90 Å². The predicted molar refractivity (Wildman–Crippen MR) is 132 cm³/mol. The first kappa shape index (κ1) is 21.7. The van der Waals surface area contributed by atoms with Crippen LogP contribution in [0.25, 0.3) is 17.1 Å². The minimum atomic E-state index is -0.348. The molecular weight excluding hydrogens is 454 g/mol. The smallest absolute Gasteiger partial charge is 0.240 e. The van der Waals surface area contributed by atoms with Gasteiger partial charge in [-0.15, -0.1) is 10.2 Å². The summed E-state index contributed by atoms with van der Waals surface area (Å²) in [5.41, 5.74) is 3.97. The molecule has 8 heteroatoms. The van der Waals surface area contributed by atoms with Gasteiger partial charge in [0.2, 0.25) is 5.91 Å². The summed E-state index contributed by atoms with van der Waals surface area (Å²) in [6.45, 7) is 4.01. The van der Waals surface area contributed by atoms with Crippen molar-refractivity contribution >= 4 is 35.0 Å². The van der Waals surface area contributed by atoms with Crippen molar-refractivity contribution < 1.29 is 4.79 Å². The van der Waals surface area contributed by atoms with Crippen molar-refractivity contribution in [1.82, 2.24) is 19.7 Å². The quantitative estimate of drug-likeness (QED) is 0.359. The molecule has 2 unspecified atom stereocenters. The van der Waals surface area contributed by atoms with E-state index in [0.717, 1.165) is 23.4 Å². The van der Waals surface area contributed by atoms with Crippen LogP contribution >= 0.6 is 23.4 Å². The maximum absolute atomic E-state index is 13.5. The number of benzene rings is 2. The first-order valence-electron chi connectivity index (χ1n) is 10.7. The molecular formula is C25H22ClN5OS. The van der Waals surface area contributed by atoms with Crippen LogP contribution in [0.1, 0.15) is 19.4 Å². The lowest BCUT2D eigenvalue weighted by atomic mass is 10.1. The van der Waals surface area contributed by atoms with Gasteiger partial charge >= 0.3 is 0 Å². The van der Waals surface area contributed by atoms with Crippen LogP contribution in [-0.4, -0.2) is 36.9 Å². The fourth-order valence-corrected chi connectivity index (χ4v) is 5.20. The van der Waals surface area contributed by atoms with Gasteiger partial charge in [0, 0.05) is 40.4 Å². The zero-order valence-corrected chi connectivity index (χ0v) is 19.8. The average molecular weight is 476 g/mol. The number of fused-ring (bicyclic) bond motifs is 1. The largest absolute Gasteiger partial charge is 0.308 e. The fourth-order valence-electron chi connectivity index (χ4n) is 4.16. The Balaban J connectivity index is 1.49. The Morgan fingerprint density at radius 3 is 2.55 bits per heavy atom. The van der Waals surface area contributed by atoms with E-state index in [4.69, 9.17) is 11.6 Å². The maximum Gasteiger partial charge on any atom is 0.240 e. The molecule has 0 N–H and O–H groups in total. The third-order valence-corrected chi connectivity index (χ3v) is 7.01. The van der Waals surface area contributed by atoms with Crippen LogP contribution in [0.5, 0.6) is 0 Å². The minimum absolute atomic E-state index is 0.0635. The van der Waals surface area contributed by atoms with Gasteiger partial charge in [-0.05, 0) is 68.3 Å². The Bertz CT molecular complexity index is 1290. The summed E-state index contributed by atoms with van der Waals surface area (Å²) < 4.78 is 1.96. The van der Waals surface area contributed by atoms with E-state index in [1.165, 1.54) is 17.3 Å². The molecule has 0 radical (unpaired) electrons. The molecule has 6 nitrogen and oxygen atoms in total. The SMILES string of the molecule is CC(Sc1nnc(-c2ccncc2)n1-c1ccc(Cl)cc1)C(=O)N1c2ccccc2CC1C. The van der Waals surface area contributed by atoms with Gasteiger partial charge in [-0.2, -0.15) is 0 Å². The van der Waals surface area contributed by atoms with Crippen LogP contribution in [0, 0.1) is 0 Å². The second-order valence-electron chi connectivity index (χ2n) is 8.00. The molecule has 1 amide bonds. The van der Waals surface area contributed by atoms with Gasteiger partial charge in [-0.1, -0.05) is 41.6 Å². The number of amides is 1. The van der Waals surface area contributed by atoms with Gasteiger partial charge in [0.15, 0.2) is 11.0 Å². The molecule has 2 aromatic carbocycles. The van der Waals surface area contributed by atoms with Crippen molar-refractivity contribution in [1.29, 1.82) is 0 Å². The van der Waals surface area contributed by atoms with E-state index in [1.54, 1.807) is 12.4 Å². The lowest BCUT2D eigenvalue weighted by molar-refractivity contribution is -0.118. The molecule has 33 heavy (non-hydrogen) atoms. The summed E-state index contributed by atoms with van der Waals surface area (Å²) in [4.78, 5) is 19.5. The van der Waals surface area contributed by atoms with Crippen LogP contribution in [0.3, 0.4) is 0 Å². The molecule has 0 fully saturated rings. The van der Waals surface area contributed by atoms with Crippen molar-refractivity contribution in [3.63, 3.8) is 0 Å². The molecule has 5 rings (SSSR count). The Hall–Kier alpha value is -3.16. The Labute approximate surface area is 201 Å². The highest BCUT2D eigenvalue weighted by atomic mass is 35.5. The number of carbonyl (C=O) groups excluding carboxylic acids is 1. The number of rotatable bonds is 5. The Morgan fingerprint density at radius 1 is 1.06 bits per heavy atom. The first-order valence-corrected chi connectivity index (χ1v) is 12.0. The zero-order chi connectivity index (χ0) is 22.9. The van der Waals surface area contributed by atoms with Gasteiger partial charge in [0.05, 0.1) is 5.25 Å². The molecule has 2 atom stereocenters. The second-order valence-corrected chi connectivity index (χ2v) is 9.75. The molecule has 0 aliphatic carbocycles. The molecule has 0 spiro atoms. The predicted octanol–water partition coefficient (Wildman–Crippen LogP) is 5.44. The summed E-state index contributed by atoms with van der Waals surface area (Å²) in [7, 11) is 0. The van der Waals surface area contributed by atoms with E-state index in [1.807, 2.05) is 71.0 Å². The highest BCUT2D eigenvalue weighted by molar-refractivity contribution is 8.00. The Morgan fingerprint density at radius 2 is 1.79 bits per heavy atom. The van der Waals surface area contributed by atoms with Gasteiger partial charge in [-0.3, -0.25) is 14.3 Å².